The zero-order valence-electron chi connectivity index (χ0n) is 11.2. The van der Waals surface area contributed by atoms with Crippen LogP contribution in [0.5, 0.6) is 0 Å². The van der Waals surface area contributed by atoms with Crippen LogP contribution in [-0.2, 0) is 9.53 Å². The first-order valence-electron chi connectivity index (χ1n) is 7.04. The van der Waals surface area contributed by atoms with E-state index in [-0.39, 0.29) is 24.1 Å². The van der Waals surface area contributed by atoms with E-state index in [1.807, 2.05) is 23.7 Å². The van der Waals surface area contributed by atoms with Crippen LogP contribution in [-0.4, -0.2) is 66.5 Å². The molecule has 0 bridgehead atoms. The number of hydrogen-bond donors (Lipinski definition) is 1. The number of likely N-dealkylation sites (N-methyl/N-ethyl adjacent to an activating group) is 1. The number of rotatable bonds is 3. The molecular formula is C13H21N3O2S. The molecule has 0 spiro atoms. The summed E-state index contributed by atoms with van der Waals surface area (Å²) in [6.45, 7) is 1.68. The van der Waals surface area contributed by atoms with Gasteiger partial charge in [-0.25, -0.2) is 0 Å². The maximum absolute atomic E-state index is 12.6. The highest BCUT2D eigenvalue weighted by molar-refractivity contribution is 8.00. The Morgan fingerprint density at radius 2 is 2.47 bits per heavy atom. The molecule has 19 heavy (non-hydrogen) atoms. The second-order valence-corrected chi connectivity index (χ2v) is 6.81. The van der Waals surface area contributed by atoms with Crippen LogP contribution in [0.3, 0.4) is 0 Å². The van der Waals surface area contributed by atoms with Crippen LogP contribution in [0.15, 0.2) is 4.99 Å². The van der Waals surface area contributed by atoms with Crippen LogP contribution in [0.4, 0.5) is 0 Å². The molecule has 4 unspecified atom stereocenters. The first kappa shape index (κ1) is 13.2. The highest BCUT2D eigenvalue weighted by Crippen LogP contribution is 2.29. The van der Waals surface area contributed by atoms with Crippen molar-refractivity contribution in [2.45, 2.75) is 42.7 Å². The van der Waals surface area contributed by atoms with Gasteiger partial charge in [0.05, 0.1) is 6.04 Å². The molecule has 0 aromatic heterocycles. The Kier molecular flexibility index (Phi) is 3.98. The van der Waals surface area contributed by atoms with E-state index in [0.29, 0.717) is 5.25 Å². The van der Waals surface area contributed by atoms with Crippen molar-refractivity contribution < 1.29 is 9.53 Å². The van der Waals surface area contributed by atoms with Crippen molar-refractivity contribution in [1.82, 2.24) is 10.2 Å². The SMILES string of the molecule is CNC1C(=O)N(CC2CCCS2)CCC2N=COC21. The summed E-state index contributed by atoms with van der Waals surface area (Å²) in [6, 6.07) is -0.135. The second kappa shape index (κ2) is 5.71. The zero-order valence-corrected chi connectivity index (χ0v) is 12.1. The summed E-state index contributed by atoms with van der Waals surface area (Å²) >= 11 is 2.00. The molecule has 2 fully saturated rings. The van der Waals surface area contributed by atoms with Gasteiger partial charge in [-0.3, -0.25) is 9.79 Å². The molecule has 0 radical (unpaired) electrons. The normalized spacial score (nSPS) is 38.2. The lowest BCUT2D eigenvalue weighted by Crippen LogP contribution is -2.52. The van der Waals surface area contributed by atoms with E-state index >= 15 is 0 Å². The van der Waals surface area contributed by atoms with Gasteiger partial charge in [-0.05, 0) is 32.1 Å². The molecule has 2 saturated heterocycles. The first-order valence-corrected chi connectivity index (χ1v) is 8.09. The minimum Gasteiger partial charge on any atom is -0.476 e. The minimum atomic E-state index is -0.263. The molecular weight excluding hydrogens is 262 g/mol. The molecule has 0 aliphatic carbocycles. The fourth-order valence-electron chi connectivity index (χ4n) is 3.14. The lowest BCUT2D eigenvalue weighted by atomic mass is 10.0. The number of carbonyl (C=O) groups excluding carboxylic acids is 1. The van der Waals surface area contributed by atoms with E-state index in [4.69, 9.17) is 4.74 Å². The average molecular weight is 283 g/mol. The molecule has 6 heteroatoms. The van der Waals surface area contributed by atoms with Crippen molar-refractivity contribution in [2.75, 3.05) is 25.9 Å². The fraction of sp³-hybridized carbons (Fsp3) is 0.846. The minimum absolute atomic E-state index is 0.126. The van der Waals surface area contributed by atoms with Gasteiger partial charge in [0.25, 0.3) is 0 Å². The molecule has 1 amide bonds. The lowest BCUT2D eigenvalue weighted by molar-refractivity contribution is -0.134. The first-order chi connectivity index (χ1) is 9.29. The van der Waals surface area contributed by atoms with Crippen molar-refractivity contribution in [3.63, 3.8) is 0 Å². The largest absolute Gasteiger partial charge is 0.476 e. The van der Waals surface area contributed by atoms with E-state index in [0.717, 1.165) is 19.5 Å². The molecule has 3 aliphatic heterocycles. The number of hydrogen-bond acceptors (Lipinski definition) is 5. The number of nitrogens with zero attached hydrogens (tertiary/aromatic N) is 2. The van der Waals surface area contributed by atoms with Crippen molar-refractivity contribution in [1.29, 1.82) is 0 Å². The number of nitrogens with one attached hydrogen (secondary N) is 1. The molecule has 0 aromatic carbocycles. The monoisotopic (exact) mass is 283 g/mol. The van der Waals surface area contributed by atoms with Crippen LogP contribution >= 0.6 is 11.8 Å². The maximum atomic E-state index is 12.6. The van der Waals surface area contributed by atoms with Crippen molar-refractivity contribution >= 4 is 24.1 Å². The van der Waals surface area contributed by atoms with Gasteiger partial charge in [-0.1, -0.05) is 0 Å². The van der Waals surface area contributed by atoms with Gasteiger partial charge in [-0.15, -0.1) is 0 Å². The van der Waals surface area contributed by atoms with E-state index in [1.165, 1.54) is 25.0 Å². The van der Waals surface area contributed by atoms with E-state index in [2.05, 4.69) is 10.3 Å². The van der Waals surface area contributed by atoms with Gasteiger partial charge < -0.3 is 15.0 Å². The Labute approximate surface area is 118 Å². The van der Waals surface area contributed by atoms with Gasteiger partial charge in [0.2, 0.25) is 5.91 Å². The number of aliphatic imine (C=N–C) groups is 1. The number of likely N-dealkylation sites (tertiary alicyclic amines) is 1. The second-order valence-electron chi connectivity index (χ2n) is 5.40. The fourth-order valence-corrected chi connectivity index (χ4v) is 4.42. The van der Waals surface area contributed by atoms with Crippen LogP contribution in [0, 0.1) is 0 Å². The average Bonchev–Trinajstić information content (AvgIpc) is 3.04. The summed E-state index contributed by atoms with van der Waals surface area (Å²) in [4.78, 5) is 19.0. The smallest absolute Gasteiger partial charge is 0.243 e. The van der Waals surface area contributed by atoms with Crippen LogP contribution in [0.2, 0.25) is 0 Å². The Morgan fingerprint density at radius 3 is 3.21 bits per heavy atom. The van der Waals surface area contributed by atoms with E-state index < -0.39 is 0 Å². The maximum Gasteiger partial charge on any atom is 0.243 e. The molecule has 0 aromatic rings. The summed E-state index contributed by atoms with van der Waals surface area (Å²) < 4.78 is 5.52. The van der Waals surface area contributed by atoms with Crippen molar-refractivity contribution in [3.05, 3.63) is 0 Å². The van der Waals surface area contributed by atoms with Gasteiger partial charge in [0.1, 0.15) is 12.1 Å². The molecule has 0 saturated carbocycles. The predicted octanol–water partition coefficient (Wildman–Crippen LogP) is 0.498. The predicted molar refractivity (Wildman–Crippen MR) is 76.7 cm³/mol. The van der Waals surface area contributed by atoms with Crippen molar-refractivity contribution in [2.24, 2.45) is 4.99 Å². The Hall–Kier alpha value is -0.750. The van der Waals surface area contributed by atoms with Crippen LogP contribution < -0.4 is 5.32 Å². The number of carbonyl (C=O) groups is 1. The summed E-state index contributed by atoms with van der Waals surface area (Å²) in [7, 11) is 1.83. The van der Waals surface area contributed by atoms with Gasteiger partial charge in [0, 0.05) is 18.3 Å². The molecule has 4 atom stereocenters. The van der Waals surface area contributed by atoms with Crippen molar-refractivity contribution in [3.8, 4) is 0 Å². The highest BCUT2D eigenvalue weighted by atomic mass is 32.2. The van der Waals surface area contributed by atoms with E-state index in [1.54, 1.807) is 0 Å². The number of thioether (sulfide) groups is 1. The molecule has 3 heterocycles. The molecule has 3 rings (SSSR count). The lowest BCUT2D eigenvalue weighted by Gasteiger charge is -2.28. The molecule has 106 valence electrons. The van der Waals surface area contributed by atoms with E-state index in [9.17, 15) is 4.79 Å². The highest BCUT2D eigenvalue weighted by Gasteiger charge is 2.42. The zero-order chi connectivity index (χ0) is 13.2. The summed E-state index contributed by atoms with van der Waals surface area (Å²) in [6.07, 6.45) is 4.81. The molecule has 5 nitrogen and oxygen atoms in total. The molecule has 1 N–H and O–H groups in total. The summed E-state index contributed by atoms with van der Waals surface area (Å²) in [5, 5.41) is 3.73. The third kappa shape index (κ3) is 2.60. The Balaban J connectivity index is 1.70. The van der Waals surface area contributed by atoms with Gasteiger partial charge in [0.15, 0.2) is 6.40 Å². The van der Waals surface area contributed by atoms with Gasteiger partial charge >= 0.3 is 0 Å². The summed E-state index contributed by atoms with van der Waals surface area (Å²) in [5.41, 5.74) is 0. The molecule has 3 aliphatic rings. The summed E-state index contributed by atoms with van der Waals surface area (Å²) in [5.74, 6) is 1.41. The third-order valence-electron chi connectivity index (χ3n) is 4.21. The topological polar surface area (TPSA) is 53.9 Å². The standard InChI is InChI=1S/C13H21N3O2S/c1-14-11-12-10(15-8-18-12)4-5-16(13(11)17)7-9-3-2-6-19-9/h8-12,14H,2-7H2,1H3. The number of fused-ring (bicyclic) bond motifs is 1. The van der Waals surface area contributed by atoms with Gasteiger partial charge in [-0.2, -0.15) is 11.8 Å². The van der Waals surface area contributed by atoms with Crippen LogP contribution in [0.1, 0.15) is 19.3 Å². The quantitative estimate of drug-likeness (QED) is 0.819. The Bertz CT molecular complexity index is 371. The number of amides is 1. The van der Waals surface area contributed by atoms with Crippen LogP contribution in [0.25, 0.3) is 0 Å². The number of ether oxygens (including phenoxy) is 1. The Morgan fingerprint density at radius 1 is 1.58 bits per heavy atom. The third-order valence-corrected chi connectivity index (χ3v) is 5.59.